The van der Waals surface area contributed by atoms with E-state index >= 15 is 0 Å². The number of nitrogens with zero attached hydrogens (tertiary/aromatic N) is 1. The molecule has 0 fully saturated rings. The number of carbonyl (C=O) groups excluding carboxylic acids is 1. The highest BCUT2D eigenvalue weighted by atomic mass is 32.2. The predicted octanol–water partition coefficient (Wildman–Crippen LogP) is -0.617. The number of amides is 1. The van der Waals surface area contributed by atoms with Gasteiger partial charge in [0.25, 0.3) is 5.91 Å². The second kappa shape index (κ2) is 5.23. The average Bonchev–Trinajstić information content (AvgIpc) is 2.23. The largest absolute Gasteiger partial charge is 0.484 e. The standard InChI is InChI=1S/C10H15N3O4S/c1-13(2)10(14)6-17-8-3-7(11)4-9(5-8)18(12,15)16/h3-5H,6,11H2,1-2H3,(H2,12,15,16). The lowest BCUT2D eigenvalue weighted by atomic mass is 10.3. The van der Waals surface area contributed by atoms with Gasteiger partial charge in [-0.3, -0.25) is 4.79 Å². The predicted molar refractivity (Wildman–Crippen MR) is 66.4 cm³/mol. The van der Waals surface area contributed by atoms with Gasteiger partial charge in [-0.2, -0.15) is 0 Å². The van der Waals surface area contributed by atoms with E-state index in [1.165, 1.54) is 23.1 Å². The first kappa shape index (κ1) is 14.3. The molecule has 1 aromatic carbocycles. The molecule has 4 N–H and O–H groups in total. The van der Waals surface area contributed by atoms with Crippen molar-refractivity contribution >= 4 is 21.6 Å². The summed E-state index contributed by atoms with van der Waals surface area (Å²) in [5.41, 5.74) is 5.72. The van der Waals surface area contributed by atoms with Crippen molar-refractivity contribution in [3.05, 3.63) is 18.2 Å². The second-order valence-electron chi connectivity index (χ2n) is 3.86. The van der Waals surface area contributed by atoms with E-state index in [-0.39, 0.29) is 28.8 Å². The third-order valence-corrected chi connectivity index (χ3v) is 2.98. The Morgan fingerprint density at radius 2 is 1.94 bits per heavy atom. The van der Waals surface area contributed by atoms with Crippen LogP contribution in [0.2, 0.25) is 0 Å². The molecule has 1 aromatic rings. The lowest BCUT2D eigenvalue weighted by molar-refractivity contribution is -0.130. The zero-order chi connectivity index (χ0) is 13.9. The van der Waals surface area contributed by atoms with E-state index in [4.69, 9.17) is 15.6 Å². The van der Waals surface area contributed by atoms with Crippen molar-refractivity contribution in [2.24, 2.45) is 5.14 Å². The zero-order valence-corrected chi connectivity index (χ0v) is 10.9. The highest BCUT2D eigenvalue weighted by Gasteiger charge is 2.12. The van der Waals surface area contributed by atoms with E-state index in [9.17, 15) is 13.2 Å². The van der Waals surface area contributed by atoms with Crippen molar-refractivity contribution in [1.82, 2.24) is 4.90 Å². The Morgan fingerprint density at radius 3 is 2.44 bits per heavy atom. The zero-order valence-electron chi connectivity index (χ0n) is 10.1. The lowest BCUT2D eigenvalue weighted by Gasteiger charge is -2.12. The molecule has 0 aliphatic rings. The summed E-state index contributed by atoms with van der Waals surface area (Å²) in [7, 11) is -0.690. The highest BCUT2D eigenvalue weighted by Crippen LogP contribution is 2.21. The number of carbonyl (C=O) groups is 1. The molecule has 0 aromatic heterocycles. The van der Waals surface area contributed by atoms with Crippen LogP contribution in [0.4, 0.5) is 5.69 Å². The van der Waals surface area contributed by atoms with Crippen molar-refractivity contribution in [2.45, 2.75) is 4.90 Å². The molecule has 7 nitrogen and oxygen atoms in total. The Bertz CT molecular complexity index is 554. The minimum atomic E-state index is -3.86. The Hall–Kier alpha value is -1.80. The number of primary sulfonamides is 1. The molecule has 0 aliphatic carbocycles. The number of ether oxygens (including phenoxy) is 1. The van der Waals surface area contributed by atoms with Crippen molar-refractivity contribution in [1.29, 1.82) is 0 Å². The monoisotopic (exact) mass is 273 g/mol. The van der Waals surface area contributed by atoms with Crippen LogP contribution in [-0.2, 0) is 14.8 Å². The van der Waals surface area contributed by atoms with Crippen LogP contribution in [0.15, 0.2) is 23.1 Å². The van der Waals surface area contributed by atoms with Crippen LogP contribution in [0.1, 0.15) is 0 Å². The molecule has 18 heavy (non-hydrogen) atoms. The van der Waals surface area contributed by atoms with Gasteiger partial charge >= 0.3 is 0 Å². The number of likely N-dealkylation sites (N-methyl/N-ethyl adjacent to an activating group) is 1. The fraction of sp³-hybridized carbons (Fsp3) is 0.300. The Morgan fingerprint density at radius 1 is 1.33 bits per heavy atom. The van der Waals surface area contributed by atoms with Crippen LogP contribution < -0.4 is 15.6 Å². The molecule has 0 unspecified atom stereocenters. The van der Waals surface area contributed by atoms with Gasteiger partial charge < -0.3 is 15.4 Å². The van der Waals surface area contributed by atoms with E-state index in [1.807, 2.05) is 0 Å². The van der Waals surface area contributed by atoms with Gasteiger partial charge in [-0.15, -0.1) is 0 Å². The molecule has 0 saturated carbocycles. The van der Waals surface area contributed by atoms with Gasteiger partial charge in [0, 0.05) is 31.9 Å². The van der Waals surface area contributed by atoms with Gasteiger partial charge in [-0.1, -0.05) is 0 Å². The van der Waals surface area contributed by atoms with Crippen molar-refractivity contribution < 1.29 is 17.9 Å². The molecular weight excluding hydrogens is 258 g/mol. The Kier molecular flexibility index (Phi) is 4.15. The van der Waals surface area contributed by atoms with Gasteiger partial charge in [0.15, 0.2) is 6.61 Å². The quantitative estimate of drug-likeness (QED) is 0.709. The summed E-state index contributed by atoms with van der Waals surface area (Å²) >= 11 is 0. The van der Waals surface area contributed by atoms with E-state index in [2.05, 4.69) is 0 Å². The molecule has 0 aliphatic heterocycles. The first-order valence-electron chi connectivity index (χ1n) is 4.96. The molecule has 100 valence electrons. The molecule has 0 atom stereocenters. The summed E-state index contributed by atoms with van der Waals surface area (Å²) in [6.07, 6.45) is 0. The van der Waals surface area contributed by atoms with E-state index < -0.39 is 10.0 Å². The van der Waals surface area contributed by atoms with Gasteiger partial charge in [-0.25, -0.2) is 13.6 Å². The average molecular weight is 273 g/mol. The van der Waals surface area contributed by atoms with Crippen LogP contribution >= 0.6 is 0 Å². The van der Waals surface area contributed by atoms with Gasteiger partial charge in [-0.05, 0) is 6.07 Å². The smallest absolute Gasteiger partial charge is 0.259 e. The number of rotatable bonds is 4. The summed E-state index contributed by atoms with van der Waals surface area (Å²) in [4.78, 5) is 12.5. The number of anilines is 1. The molecule has 0 spiro atoms. The van der Waals surface area contributed by atoms with Crippen LogP contribution in [0.5, 0.6) is 5.75 Å². The first-order chi connectivity index (χ1) is 8.20. The van der Waals surface area contributed by atoms with Crippen LogP contribution in [0, 0.1) is 0 Å². The number of hydrogen-bond donors (Lipinski definition) is 2. The van der Waals surface area contributed by atoms with E-state index in [0.29, 0.717) is 0 Å². The third-order valence-electron chi connectivity index (χ3n) is 2.09. The summed E-state index contributed by atoms with van der Waals surface area (Å²) in [5, 5.41) is 4.98. The van der Waals surface area contributed by atoms with Gasteiger partial charge in [0.05, 0.1) is 4.90 Å². The van der Waals surface area contributed by atoms with Crippen molar-refractivity contribution in [3.8, 4) is 5.75 Å². The summed E-state index contributed by atoms with van der Waals surface area (Å²) in [6.45, 7) is -0.208. The maximum atomic E-state index is 11.3. The van der Waals surface area contributed by atoms with Crippen LogP contribution in [0.3, 0.4) is 0 Å². The van der Waals surface area contributed by atoms with E-state index in [0.717, 1.165) is 0 Å². The molecule has 0 bridgehead atoms. The minimum Gasteiger partial charge on any atom is -0.484 e. The Labute approximate surface area is 105 Å². The highest BCUT2D eigenvalue weighted by molar-refractivity contribution is 7.89. The number of nitrogens with two attached hydrogens (primary N) is 2. The summed E-state index contributed by atoms with van der Waals surface area (Å²) in [6, 6.07) is 3.85. The fourth-order valence-corrected chi connectivity index (χ4v) is 1.70. The molecular formula is C10H15N3O4S. The summed E-state index contributed by atoms with van der Waals surface area (Å²) in [5.74, 6) is -0.0798. The van der Waals surface area contributed by atoms with Crippen molar-refractivity contribution in [3.63, 3.8) is 0 Å². The molecule has 0 heterocycles. The Balaban J connectivity index is 2.91. The lowest BCUT2D eigenvalue weighted by Crippen LogP contribution is -2.27. The number of benzene rings is 1. The second-order valence-corrected chi connectivity index (χ2v) is 5.42. The first-order valence-corrected chi connectivity index (χ1v) is 6.51. The molecule has 8 heteroatoms. The molecule has 1 amide bonds. The molecule has 0 saturated heterocycles. The SMILES string of the molecule is CN(C)C(=O)COc1cc(N)cc(S(N)(=O)=O)c1. The minimum absolute atomic E-state index is 0.158. The summed E-state index contributed by atoms with van der Waals surface area (Å²) < 4.78 is 27.5. The number of sulfonamides is 1. The van der Waals surface area contributed by atoms with E-state index in [1.54, 1.807) is 14.1 Å². The van der Waals surface area contributed by atoms with Gasteiger partial charge in [0.2, 0.25) is 10.0 Å². The molecule has 1 rings (SSSR count). The van der Waals surface area contributed by atoms with Crippen LogP contribution in [-0.4, -0.2) is 39.9 Å². The maximum Gasteiger partial charge on any atom is 0.259 e. The normalized spacial score (nSPS) is 11.1. The molecule has 0 radical (unpaired) electrons. The van der Waals surface area contributed by atoms with Crippen molar-refractivity contribution in [2.75, 3.05) is 26.4 Å². The maximum absolute atomic E-state index is 11.3. The number of hydrogen-bond acceptors (Lipinski definition) is 5. The van der Waals surface area contributed by atoms with Crippen LogP contribution in [0.25, 0.3) is 0 Å². The third kappa shape index (κ3) is 3.90. The number of nitrogen functional groups attached to an aromatic ring is 1. The fourth-order valence-electron chi connectivity index (χ4n) is 1.12. The topological polar surface area (TPSA) is 116 Å². The van der Waals surface area contributed by atoms with Gasteiger partial charge in [0.1, 0.15) is 5.75 Å².